The van der Waals surface area contributed by atoms with E-state index >= 15 is 0 Å². The van der Waals surface area contributed by atoms with Crippen molar-refractivity contribution in [1.82, 2.24) is 4.98 Å². The van der Waals surface area contributed by atoms with Crippen LogP contribution in [0, 0.1) is 0 Å². The number of rotatable bonds is 2. The van der Waals surface area contributed by atoms with Crippen molar-refractivity contribution in [3.63, 3.8) is 0 Å². The normalized spacial score (nSPS) is 27.2. The van der Waals surface area contributed by atoms with Gasteiger partial charge in [-0.2, -0.15) is 0 Å². The van der Waals surface area contributed by atoms with Crippen LogP contribution in [0.4, 0.5) is 0 Å². The molecule has 7 heteroatoms. The fourth-order valence-electron chi connectivity index (χ4n) is 3.12. The highest BCUT2D eigenvalue weighted by Crippen LogP contribution is 2.40. The smallest absolute Gasteiger partial charge is 0.399 e. The first-order valence-corrected chi connectivity index (χ1v) is 8.43. The quantitative estimate of drug-likeness (QED) is 0.548. The third-order valence-electron chi connectivity index (χ3n) is 5.67. The summed E-state index contributed by atoms with van der Waals surface area (Å²) in [6.45, 7) is 7.98. The van der Waals surface area contributed by atoms with Gasteiger partial charge in [0.15, 0.2) is 5.79 Å². The fraction of sp³-hybridized carbons (Fsp3) is 0.706. The summed E-state index contributed by atoms with van der Waals surface area (Å²) in [5.41, 5.74) is -0.607. The van der Waals surface area contributed by atoms with Gasteiger partial charge >= 0.3 is 7.12 Å². The van der Waals surface area contributed by atoms with E-state index < -0.39 is 29.7 Å². The first kappa shape index (κ1) is 17.8. The molecule has 3 rings (SSSR count). The SMILES string of the molecule is CC1(C)OB(c2ccc(C3(O)CCC(O)(O)CC3)nc2)OC1(C)C. The predicted octanol–water partition coefficient (Wildman–Crippen LogP) is 0.823. The molecule has 24 heavy (non-hydrogen) atoms. The molecule has 132 valence electrons. The lowest BCUT2D eigenvalue weighted by molar-refractivity contribution is -0.208. The molecule has 0 amide bonds. The molecule has 2 fully saturated rings. The Morgan fingerprint density at radius 2 is 1.46 bits per heavy atom. The Labute approximate surface area is 143 Å². The van der Waals surface area contributed by atoms with Crippen LogP contribution >= 0.6 is 0 Å². The van der Waals surface area contributed by atoms with Gasteiger partial charge < -0.3 is 24.6 Å². The van der Waals surface area contributed by atoms with E-state index in [-0.39, 0.29) is 25.7 Å². The van der Waals surface area contributed by atoms with Gasteiger partial charge in [0.05, 0.1) is 16.9 Å². The summed E-state index contributed by atoms with van der Waals surface area (Å²) in [7, 11) is -0.486. The van der Waals surface area contributed by atoms with Gasteiger partial charge in [0.1, 0.15) is 5.60 Å². The van der Waals surface area contributed by atoms with E-state index in [0.29, 0.717) is 5.69 Å². The number of pyridine rings is 1. The highest BCUT2D eigenvalue weighted by Gasteiger charge is 2.52. The lowest BCUT2D eigenvalue weighted by Crippen LogP contribution is -2.42. The maximum absolute atomic E-state index is 10.7. The molecule has 1 aliphatic heterocycles. The van der Waals surface area contributed by atoms with Crippen LogP contribution in [0.2, 0.25) is 0 Å². The van der Waals surface area contributed by atoms with E-state index in [1.165, 1.54) is 0 Å². The van der Waals surface area contributed by atoms with E-state index in [9.17, 15) is 15.3 Å². The first-order valence-electron chi connectivity index (χ1n) is 8.43. The number of aromatic nitrogens is 1. The molecular weight excluding hydrogens is 309 g/mol. The third-order valence-corrected chi connectivity index (χ3v) is 5.67. The highest BCUT2D eigenvalue weighted by molar-refractivity contribution is 6.62. The topological polar surface area (TPSA) is 92.0 Å². The summed E-state index contributed by atoms with van der Waals surface area (Å²) in [5, 5.41) is 30.0. The van der Waals surface area contributed by atoms with Crippen molar-refractivity contribution < 1.29 is 24.6 Å². The molecule has 1 aliphatic carbocycles. The Kier molecular flexibility index (Phi) is 4.09. The van der Waals surface area contributed by atoms with E-state index in [1.807, 2.05) is 33.8 Å². The number of hydrogen-bond donors (Lipinski definition) is 3. The maximum Gasteiger partial charge on any atom is 0.496 e. The Morgan fingerprint density at radius 3 is 1.92 bits per heavy atom. The van der Waals surface area contributed by atoms with Crippen LogP contribution in [0.3, 0.4) is 0 Å². The van der Waals surface area contributed by atoms with Gasteiger partial charge in [0, 0.05) is 24.5 Å². The summed E-state index contributed by atoms with van der Waals surface area (Å²) in [6, 6.07) is 3.62. The maximum atomic E-state index is 10.7. The monoisotopic (exact) mass is 335 g/mol. The van der Waals surface area contributed by atoms with E-state index in [4.69, 9.17) is 9.31 Å². The van der Waals surface area contributed by atoms with Crippen LogP contribution in [0.25, 0.3) is 0 Å². The summed E-state index contributed by atoms with van der Waals surface area (Å²) in [4.78, 5) is 4.39. The van der Waals surface area contributed by atoms with Crippen molar-refractivity contribution in [2.45, 2.75) is 76.0 Å². The summed E-state index contributed by atoms with van der Waals surface area (Å²) in [6.07, 6.45) is 2.45. The summed E-state index contributed by atoms with van der Waals surface area (Å²) >= 11 is 0. The zero-order valence-electron chi connectivity index (χ0n) is 14.7. The van der Waals surface area contributed by atoms with Crippen molar-refractivity contribution in [3.8, 4) is 0 Å². The van der Waals surface area contributed by atoms with Crippen molar-refractivity contribution in [3.05, 3.63) is 24.0 Å². The van der Waals surface area contributed by atoms with E-state index in [0.717, 1.165) is 5.46 Å². The molecular formula is C17H26BNO5. The molecule has 3 N–H and O–H groups in total. The molecule has 0 spiro atoms. The average Bonchev–Trinajstić information content (AvgIpc) is 2.71. The molecule has 0 aromatic carbocycles. The summed E-state index contributed by atoms with van der Waals surface area (Å²) in [5.74, 6) is -1.69. The number of hydrogen-bond acceptors (Lipinski definition) is 6. The van der Waals surface area contributed by atoms with Crippen LogP contribution in [-0.2, 0) is 14.9 Å². The second-order valence-electron chi connectivity index (χ2n) is 8.08. The molecule has 0 radical (unpaired) electrons. The lowest BCUT2D eigenvalue weighted by Gasteiger charge is -2.37. The largest absolute Gasteiger partial charge is 0.496 e. The van der Waals surface area contributed by atoms with Crippen molar-refractivity contribution in [2.24, 2.45) is 0 Å². The van der Waals surface area contributed by atoms with Crippen molar-refractivity contribution >= 4 is 12.6 Å². The minimum Gasteiger partial charge on any atom is -0.399 e. The Morgan fingerprint density at radius 1 is 0.917 bits per heavy atom. The van der Waals surface area contributed by atoms with Crippen molar-refractivity contribution in [1.29, 1.82) is 0 Å². The van der Waals surface area contributed by atoms with Crippen LogP contribution in [0.1, 0.15) is 59.1 Å². The molecule has 0 atom stereocenters. The molecule has 2 aliphatic rings. The van der Waals surface area contributed by atoms with E-state index in [1.54, 1.807) is 12.3 Å². The van der Waals surface area contributed by atoms with Gasteiger partial charge in [-0.25, -0.2) is 0 Å². The molecule has 1 aromatic rings. The van der Waals surface area contributed by atoms with Gasteiger partial charge in [-0.15, -0.1) is 0 Å². The molecule has 0 unspecified atom stereocenters. The Bertz CT molecular complexity index is 588. The lowest BCUT2D eigenvalue weighted by atomic mass is 9.77. The average molecular weight is 335 g/mol. The minimum absolute atomic E-state index is 0.129. The second-order valence-corrected chi connectivity index (χ2v) is 8.08. The van der Waals surface area contributed by atoms with E-state index in [2.05, 4.69) is 4.98 Å². The fourth-order valence-corrected chi connectivity index (χ4v) is 3.12. The zero-order chi connectivity index (χ0) is 17.8. The van der Waals surface area contributed by atoms with Gasteiger partial charge in [-0.3, -0.25) is 4.98 Å². The van der Waals surface area contributed by atoms with Crippen LogP contribution in [-0.4, -0.2) is 44.4 Å². The van der Waals surface area contributed by atoms with Gasteiger partial charge in [-0.05, 0) is 46.6 Å². The summed E-state index contributed by atoms with van der Waals surface area (Å²) < 4.78 is 12.0. The van der Waals surface area contributed by atoms with Crippen LogP contribution in [0.5, 0.6) is 0 Å². The molecule has 1 saturated heterocycles. The molecule has 6 nitrogen and oxygen atoms in total. The van der Waals surface area contributed by atoms with Crippen LogP contribution < -0.4 is 5.46 Å². The minimum atomic E-state index is -1.69. The molecule has 0 bridgehead atoms. The standard InChI is InChI=1S/C17H26BNO5/c1-14(2)15(3,4)24-18(23-14)12-5-6-13(19-11-12)16(20)7-9-17(21,22)10-8-16/h5-6,11,20-22H,7-10H2,1-4H3. The second kappa shape index (κ2) is 5.51. The Hall–Kier alpha value is -0.985. The highest BCUT2D eigenvalue weighted by atomic mass is 16.7. The molecule has 1 saturated carbocycles. The third kappa shape index (κ3) is 3.11. The van der Waals surface area contributed by atoms with Crippen LogP contribution in [0.15, 0.2) is 18.3 Å². The first-order chi connectivity index (χ1) is 10.9. The van der Waals surface area contributed by atoms with Crippen molar-refractivity contribution in [2.75, 3.05) is 0 Å². The predicted molar refractivity (Wildman–Crippen MR) is 89.5 cm³/mol. The molecule has 1 aromatic heterocycles. The number of aliphatic hydroxyl groups is 3. The van der Waals surface area contributed by atoms with Gasteiger partial charge in [0.2, 0.25) is 0 Å². The number of nitrogens with zero attached hydrogens (tertiary/aromatic N) is 1. The molecule has 2 heterocycles. The van der Waals surface area contributed by atoms with Gasteiger partial charge in [-0.1, -0.05) is 6.07 Å². The Balaban J connectivity index is 1.75. The van der Waals surface area contributed by atoms with Gasteiger partial charge in [0.25, 0.3) is 0 Å². The zero-order valence-corrected chi connectivity index (χ0v) is 14.7.